The lowest BCUT2D eigenvalue weighted by atomic mass is 10.0. The Kier molecular flexibility index (Phi) is 4.64. The number of hydrogen-bond acceptors (Lipinski definition) is 4. The zero-order valence-electron chi connectivity index (χ0n) is 12.1. The van der Waals surface area contributed by atoms with E-state index in [0.29, 0.717) is 19.4 Å². The molecule has 2 rings (SSSR count). The van der Waals surface area contributed by atoms with Gasteiger partial charge in [0.25, 0.3) is 10.2 Å². The molecule has 1 aromatic rings. The number of aryl methyl sites for hydroxylation is 2. The minimum absolute atomic E-state index is 0.0245. The van der Waals surface area contributed by atoms with Crippen LogP contribution in [0.15, 0.2) is 6.20 Å². The van der Waals surface area contributed by atoms with Crippen LogP contribution in [0.5, 0.6) is 0 Å². The number of piperidine rings is 1. The van der Waals surface area contributed by atoms with Crippen molar-refractivity contribution in [2.75, 3.05) is 13.1 Å². The van der Waals surface area contributed by atoms with Gasteiger partial charge in [0.2, 0.25) is 0 Å². The molecule has 0 radical (unpaired) electrons. The number of carboxylic acid groups (broad SMARTS) is 1. The molecule has 0 saturated carbocycles. The fourth-order valence-corrected chi connectivity index (χ4v) is 3.71. The van der Waals surface area contributed by atoms with E-state index in [1.54, 1.807) is 17.9 Å². The molecule has 118 valence electrons. The Morgan fingerprint density at radius 3 is 2.86 bits per heavy atom. The standard InChI is InChI=1S/C12H20N4O4S/c1-9-11(7-15(2)14-9)6-13-21(19,20)16-5-3-4-10(8-16)12(17)18/h7,10,13H,3-6,8H2,1-2H3,(H,17,18). The van der Waals surface area contributed by atoms with Gasteiger partial charge in [-0.15, -0.1) is 0 Å². The quantitative estimate of drug-likeness (QED) is 0.787. The smallest absolute Gasteiger partial charge is 0.307 e. The summed E-state index contributed by atoms with van der Waals surface area (Å²) in [5, 5.41) is 13.2. The molecular weight excluding hydrogens is 296 g/mol. The predicted molar refractivity (Wildman–Crippen MR) is 75.6 cm³/mol. The molecule has 1 unspecified atom stereocenters. The number of aromatic nitrogens is 2. The summed E-state index contributed by atoms with van der Waals surface area (Å²) in [7, 11) is -1.90. The average Bonchev–Trinajstić information content (AvgIpc) is 2.75. The lowest BCUT2D eigenvalue weighted by Crippen LogP contribution is -2.47. The molecule has 1 atom stereocenters. The molecule has 8 nitrogen and oxygen atoms in total. The lowest BCUT2D eigenvalue weighted by Gasteiger charge is -2.29. The predicted octanol–water partition coefficient (Wildman–Crippen LogP) is -0.140. The summed E-state index contributed by atoms with van der Waals surface area (Å²) in [5.74, 6) is -1.58. The fourth-order valence-electron chi connectivity index (χ4n) is 2.44. The zero-order chi connectivity index (χ0) is 15.6. The highest BCUT2D eigenvalue weighted by molar-refractivity contribution is 7.87. The number of rotatable bonds is 5. The van der Waals surface area contributed by atoms with Crippen molar-refractivity contribution in [3.05, 3.63) is 17.5 Å². The van der Waals surface area contributed by atoms with Gasteiger partial charge in [-0.25, -0.2) is 0 Å². The van der Waals surface area contributed by atoms with E-state index in [9.17, 15) is 13.2 Å². The largest absolute Gasteiger partial charge is 0.481 e. The molecule has 2 heterocycles. The summed E-state index contributed by atoms with van der Waals surface area (Å²) >= 11 is 0. The minimum Gasteiger partial charge on any atom is -0.481 e. The molecule has 1 aliphatic rings. The summed E-state index contributed by atoms with van der Waals surface area (Å²) in [6.07, 6.45) is 2.83. The van der Waals surface area contributed by atoms with Gasteiger partial charge in [-0.1, -0.05) is 0 Å². The third kappa shape index (κ3) is 3.80. The van der Waals surface area contributed by atoms with Gasteiger partial charge in [0, 0.05) is 38.4 Å². The average molecular weight is 316 g/mol. The highest BCUT2D eigenvalue weighted by Crippen LogP contribution is 2.19. The third-order valence-electron chi connectivity index (χ3n) is 3.63. The molecule has 1 aromatic heterocycles. The highest BCUT2D eigenvalue weighted by Gasteiger charge is 2.32. The van der Waals surface area contributed by atoms with Gasteiger partial charge in [0.05, 0.1) is 11.6 Å². The number of carboxylic acids is 1. The van der Waals surface area contributed by atoms with Gasteiger partial charge < -0.3 is 5.11 Å². The Hall–Kier alpha value is -1.45. The molecule has 9 heteroatoms. The van der Waals surface area contributed by atoms with E-state index < -0.39 is 22.1 Å². The summed E-state index contributed by atoms with van der Waals surface area (Å²) in [4.78, 5) is 11.0. The first kappa shape index (κ1) is 15.9. The number of hydrogen-bond donors (Lipinski definition) is 2. The topological polar surface area (TPSA) is 105 Å². The molecule has 1 saturated heterocycles. The molecule has 0 spiro atoms. The van der Waals surface area contributed by atoms with E-state index in [4.69, 9.17) is 5.11 Å². The Morgan fingerprint density at radius 1 is 1.57 bits per heavy atom. The summed E-state index contributed by atoms with van der Waals surface area (Å²) in [5.41, 5.74) is 1.56. The van der Waals surface area contributed by atoms with E-state index in [1.165, 1.54) is 4.31 Å². The maximum absolute atomic E-state index is 12.2. The Balaban J connectivity index is 2.01. The van der Waals surface area contributed by atoms with E-state index in [1.807, 2.05) is 6.92 Å². The van der Waals surface area contributed by atoms with Gasteiger partial charge in [-0.05, 0) is 19.8 Å². The maximum atomic E-state index is 12.2. The monoisotopic (exact) mass is 316 g/mol. The Labute approximate surface area is 123 Å². The number of nitrogens with zero attached hydrogens (tertiary/aromatic N) is 3. The SMILES string of the molecule is Cc1nn(C)cc1CNS(=O)(=O)N1CCCC(C(=O)O)C1. The fraction of sp³-hybridized carbons (Fsp3) is 0.667. The summed E-state index contributed by atoms with van der Waals surface area (Å²) < 4.78 is 29.8. The van der Waals surface area contributed by atoms with Crippen molar-refractivity contribution in [3.8, 4) is 0 Å². The van der Waals surface area contributed by atoms with Crippen LogP contribution in [0.25, 0.3) is 0 Å². The minimum atomic E-state index is -3.67. The first-order valence-corrected chi connectivity index (χ1v) is 8.20. The second kappa shape index (κ2) is 6.12. The van der Waals surface area contributed by atoms with Crippen molar-refractivity contribution in [1.82, 2.24) is 18.8 Å². The van der Waals surface area contributed by atoms with Gasteiger partial charge in [0.15, 0.2) is 0 Å². The summed E-state index contributed by atoms with van der Waals surface area (Å²) in [6, 6.07) is 0. The van der Waals surface area contributed by atoms with Gasteiger partial charge in [-0.2, -0.15) is 22.5 Å². The van der Waals surface area contributed by atoms with Crippen LogP contribution in [0, 0.1) is 12.8 Å². The van der Waals surface area contributed by atoms with Crippen molar-refractivity contribution in [3.63, 3.8) is 0 Å². The second-order valence-corrected chi connectivity index (χ2v) is 7.03. The van der Waals surface area contributed by atoms with Crippen molar-refractivity contribution in [1.29, 1.82) is 0 Å². The van der Waals surface area contributed by atoms with Crippen LogP contribution in [-0.4, -0.2) is 46.7 Å². The van der Waals surface area contributed by atoms with Crippen LogP contribution in [0.1, 0.15) is 24.1 Å². The number of carbonyl (C=O) groups is 1. The maximum Gasteiger partial charge on any atom is 0.307 e. The van der Waals surface area contributed by atoms with Crippen LogP contribution in [0.2, 0.25) is 0 Å². The molecular formula is C12H20N4O4S. The van der Waals surface area contributed by atoms with Crippen molar-refractivity contribution in [2.24, 2.45) is 13.0 Å². The van der Waals surface area contributed by atoms with Crippen molar-refractivity contribution < 1.29 is 18.3 Å². The zero-order valence-corrected chi connectivity index (χ0v) is 12.9. The van der Waals surface area contributed by atoms with Crippen LogP contribution < -0.4 is 4.72 Å². The lowest BCUT2D eigenvalue weighted by molar-refractivity contribution is -0.142. The number of nitrogens with one attached hydrogen (secondary N) is 1. The third-order valence-corrected chi connectivity index (χ3v) is 5.15. The van der Waals surface area contributed by atoms with E-state index >= 15 is 0 Å². The van der Waals surface area contributed by atoms with Crippen LogP contribution in [0.3, 0.4) is 0 Å². The second-order valence-electron chi connectivity index (χ2n) is 5.27. The molecule has 1 aliphatic heterocycles. The van der Waals surface area contributed by atoms with Gasteiger partial charge >= 0.3 is 5.97 Å². The summed E-state index contributed by atoms with van der Waals surface area (Å²) in [6.45, 7) is 2.34. The van der Waals surface area contributed by atoms with E-state index in [2.05, 4.69) is 9.82 Å². The molecule has 1 fully saturated rings. The van der Waals surface area contributed by atoms with Crippen LogP contribution in [-0.2, 0) is 28.6 Å². The van der Waals surface area contributed by atoms with Crippen LogP contribution >= 0.6 is 0 Å². The molecule has 0 aliphatic carbocycles. The van der Waals surface area contributed by atoms with E-state index in [-0.39, 0.29) is 13.1 Å². The normalized spacial score (nSPS) is 20.6. The molecule has 2 N–H and O–H groups in total. The highest BCUT2D eigenvalue weighted by atomic mass is 32.2. The molecule has 0 bridgehead atoms. The molecule has 0 amide bonds. The van der Waals surface area contributed by atoms with E-state index in [0.717, 1.165) is 11.3 Å². The molecule has 21 heavy (non-hydrogen) atoms. The van der Waals surface area contributed by atoms with Gasteiger partial charge in [-0.3, -0.25) is 9.48 Å². The first-order valence-electron chi connectivity index (χ1n) is 6.76. The first-order chi connectivity index (χ1) is 9.79. The number of aliphatic carboxylic acids is 1. The van der Waals surface area contributed by atoms with Crippen molar-refractivity contribution >= 4 is 16.2 Å². The van der Waals surface area contributed by atoms with Gasteiger partial charge in [0.1, 0.15) is 0 Å². The van der Waals surface area contributed by atoms with Crippen LogP contribution in [0.4, 0.5) is 0 Å². The Morgan fingerprint density at radius 2 is 2.29 bits per heavy atom. The molecule has 0 aromatic carbocycles. The Bertz CT molecular complexity index is 625. The van der Waals surface area contributed by atoms with Crippen molar-refractivity contribution in [2.45, 2.75) is 26.3 Å².